The number of halogens is 1. The van der Waals surface area contributed by atoms with Crippen LogP contribution < -0.4 is 5.73 Å². The largest absolute Gasteiger partial charge is 0.384 e. The topological polar surface area (TPSA) is 54.7 Å². The quantitative estimate of drug-likeness (QED) is 0.812. The molecule has 2 aromatic rings. The van der Waals surface area contributed by atoms with Gasteiger partial charge >= 0.3 is 0 Å². The lowest BCUT2D eigenvalue weighted by molar-refractivity contribution is 0.611. The average molecular weight is 217 g/mol. The van der Waals surface area contributed by atoms with Crippen LogP contribution in [0.3, 0.4) is 0 Å². The van der Waals surface area contributed by atoms with Crippen LogP contribution in [0.25, 0.3) is 11.1 Å². The molecule has 0 radical (unpaired) electrons. The Kier molecular flexibility index (Phi) is 1.96. The number of nitrogens with zero attached hydrogens (tertiary/aromatic N) is 1. The molecule has 4 heteroatoms. The van der Waals surface area contributed by atoms with Crippen molar-refractivity contribution in [3.05, 3.63) is 35.8 Å². The SMILES string of the molecule is Nc1[nH]ncc1-c1ccc(C2CC2)c(F)c1. The molecule has 82 valence electrons. The monoisotopic (exact) mass is 217 g/mol. The second kappa shape index (κ2) is 3.33. The second-order valence-electron chi connectivity index (χ2n) is 4.21. The number of nitrogen functional groups attached to an aromatic ring is 1. The number of anilines is 1. The Morgan fingerprint density at radius 1 is 1.38 bits per heavy atom. The van der Waals surface area contributed by atoms with Crippen molar-refractivity contribution >= 4 is 5.82 Å². The second-order valence-corrected chi connectivity index (χ2v) is 4.21. The summed E-state index contributed by atoms with van der Waals surface area (Å²) in [5.41, 5.74) is 8.04. The van der Waals surface area contributed by atoms with Crippen LogP contribution in [0.15, 0.2) is 24.4 Å². The predicted molar refractivity (Wildman–Crippen MR) is 60.4 cm³/mol. The van der Waals surface area contributed by atoms with Crippen LogP contribution >= 0.6 is 0 Å². The molecule has 1 heterocycles. The molecule has 1 aliphatic rings. The van der Waals surface area contributed by atoms with Crippen LogP contribution in [0.1, 0.15) is 24.3 Å². The van der Waals surface area contributed by atoms with E-state index >= 15 is 0 Å². The third-order valence-electron chi connectivity index (χ3n) is 3.00. The third kappa shape index (κ3) is 1.46. The number of aromatic nitrogens is 2. The molecule has 0 aliphatic heterocycles. The molecule has 0 amide bonds. The molecule has 1 fully saturated rings. The number of H-pyrrole nitrogens is 1. The van der Waals surface area contributed by atoms with Crippen LogP contribution in [-0.4, -0.2) is 10.2 Å². The van der Waals surface area contributed by atoms with Gasteiger partial charge in [0.1, 0.15) is 11.6 Å². The minimum Gasteiger partial charge on any atom is -0.384 e. The summed E-state index contributed by atoms with van der Waals surface area (Å²) >= 11 is 0. The van der Waals surface area contributed by atoms with Gasteiger partial charge in [-0.05, 0) is 36.0 Å². The first-order valence-corrected chi connectivity index (χ1v) is 5.34. The number of rotatable bonds is 2. The Morgan fingerprint density at radius 2 is 2.19 bits per heavy atom. The van der Waals surface area contributed by atoms with Gasteiger partial charge in [0.2, 0.25) is 0 Å². The molecule has 1 aromatic heterocycles. The highest BCUT2D eigenvalue weighted by atomic mass is 19.1. The van der Waals surface area contributed by atoms with Gasteiger partial charge in [-0.1, -0.05) is 12.1 Å². The Morgan fingerprint density at radius 3 is 2.75 bits per heavy atom. The van der Waals surface area contributed by atoms with Gasteiger partial charge in [-0.3, -0.25) is 5.10 Å². The Balaban J connectivity index is 2.03. The van der Waals surface area contributed by atoms with E-state index < -0.39 is 0 Å². The smallest absolute Gasteiger partial charge is 0.127 e. The highest BCUT2D eigenvalue weighted by Crippen LogP contribution is 2.42. The molecule has 0 saturated heterocycles. The molecule has 0 bridgehead atoms. The first-order chi connectivity index (χ1) is 7.75. The van der Waals surface area contributed by atoms with Crippen molar-refractivity contribution < 1.29 is 4.39 Å². The number of nitrogens with two attached hydrogens (primary N) is 1. The summed E-state index contributed by atoms with van der Waals surface area (Å²) in [5.74, 6) is 0.759. The first kappa shape index (κ1) is 9.39. The lowest BCUT2D eigenvalue weighted by atomic mass is 10.0. The average Bonchev–Trinajstić information content (AvgIpc) is 3.01. The summed E-state index contributed by atoms with van der Waals surface area (Å²) in [6, 6.07) is 5.29. The fraction of sp³-hybridized carbons (Fsp3) is 0.250. The maximum Gasteiger partial charge on any atom is 0.127 e. The molecule has 3 nitrogen and oxygen atoms in total. The van der Waals surface area contributed by atoms with Crippen molar-refractivity contribution in [1.29, 1.82) is 0 Å². The van der Waals surface area contributed by atoms with Gasteiger partial charge in [-0.2, -0.15) is 5.10 Å². The molecule has 0 unspecified atom stereocenters. The van der Waals surface area contributed by atoms with Gasteiger partial charge in [0.25, 0.3) is 0 Å². The van der Waals surface area contributed by atoms with E-state index in [1.807, 2.05) is 12.1 Å². The highest BCUT2D eigenvalue weighted by Gasteiger charge is 2.26. The summed E-state index contributed by atoms with van der Waals surface area (Å²) in [6.45, 7) is 0. The zero-order chi connectivity index (χ0) is 11.1. The third-order valence-corrected chi connectivity index (χ3v) is 3.00. The van der Waals surface area contributed by atoms with E-state index in [9.17, 15) is 4.39 Å². The summed E-state index contributed by atoms with van der Waals surface area (Å²) in [5, 5.41) is 6.47. The lowest BCUT2D eigenvalue weighted by Gasteiger charge is -2.04. The zero-order valence-electron chi connectivity index (χ0n) is 8.70. The van der Waals surface area contributed by atoms with Gasteiger partial charge in [-0.25, -0.2) is 4.39 Å². The highest BCUT2D eigenvalue weighted by molar-refractivity contribution is 5.73. The van der Waals surface area contributed by atoms with Crippen LogP contribution in [0.4, 0.5) is 10.2 Å². The summed E-state index contributed by atoms with van der Waals surface area (Å²) < 4.78 is 13.8. The van der Waals surface area contributed by atoms with E-state index in [0.717, 1.165) is 29.5 Å². The van der Waals surface area contributed by atoms with E-state index in [0.29, 0.717) is 11.7 Å². The van der Waals surface area contributed by atoms with Crippen molar-refractivity contribution in [2.24, 2.45) is 0 Å². The van der Waals surface area contributed by atoms with E-state index in [1.54, 1.807) is 6.20 Å². The molecule has 3 N–H and O–H groups in total. The van der Waals surface area contributed by atoms with E-state index in [1.165, 1.54) is 6.07 Å². The Bertz CT molecular complexity index is 529. The maximum absolute atomic E-state index is 13.8. The molecule has 1 aliphatic carbocycles. The number of benzene rings is 1. The van der Waals surface area contributed by atoms with E-state index in [2.05, 4.69) is 10.2 Å². The molecule has 0 spiro atoms. The van der Waals surface area contributed by atoms with Gasteiger partial charge in [0.15, 0.2) is 0 Å². The maximum atomic E-state index is 13.8. The molecule has 16 heavy (non-hydrogen) atoms. The zero-order valence-corrected chi connectivity index (χ0v) is 8.70. The van der Waals surface area contributed by atoms with E-state index in [-0.39, 0.29) is 5.82 Å². The minimum atomic E-state index is -0.138. The number of hydrogen-bond acceptors (Lipinski definition) is 2. The number of hydrogen-bond donors (Lipinski definition) is 2. The fourth-order valence-corrected chi connectivity index (χ4v) is 1.95. The number of aromatic amines is 1. The normalized spacial score (nSPS) is 15.3. The van der Waals surface area contributed by atoms with Crippen molar-refractivity contribution in [3.63, 3.8) is 0 Å². The molecule has 1 aromatic carbocycles. The van der Waals surface area contributed by atoms with Gasteiger partial charge in [-0.15, -0.1) is 0 Å². The van der Waals surface area contributed by atoms with Crippen molar-refractivity contribution in [2.75, 3.05) is 5.73 Å². The Hall–Kier alpha value is -1.84. The van der Waals surface area contributed by atoms with Crippen LogP contribution in [0.5, 0.6) is 0 Å². The Labute approximate surface area is 92.5 Å². The molecular formula is C12H12FN3. The molecule has 1 saturated carbocycles. The van der Waals surface area contributed by atoms with Crippen molar-refractivity contribution in [1.82, 2.24) is 10.2 Å². The predicted octanol–water partition coefficient (Wildman–Crippen LogP) is 2.68. The van der Waals surface area contributed by atoms with Crippen LogP contribution in [-0.2, 0) is 0 Å². The van der Waals surface area contributed by atoms with Crippen LogP contribution in [0, 0.1) is 5.82 Å². The van der Waals surface area contributed by atoms with Crippen molar-refractivity contribution in [3.8, 4) is 11.1 Å². The molecule has 0 atom stereocenters. The summed E-state index contributed by atoms with van der Waals surface area (Å²) in [6.07, 6.45) is 3.81. The first-order valence-electron chi connectivity index (χ1n) is 5.34. The van der Waals surface area contributed by atoms with Crippen LogP contribution in [0.2, 0.25) is 0 Å². The molecular weight excluding hydrogens is 205 g/mol. The van der Waals surface area contributed by atoms with Gasteiger partial charge in [0, 0.05) is 5.56 Å². The number of nitrogens with one attached hydrogen (secondary N) is 1. The van der Waals surface area contributed by atoms with Gasteiger partial charge < -0.3 is 5.73 Å². The standard InChI is InChI=1S/C12H12FN3/c13-11-5-8(10-6-15-16-12(10)14)3-4-9(11)7-1-2-7/h3-7H,1-2H2,(H3,14,15,16). The van der Waals surface area contributed by atoms with E-state index in [4.69, 9.17) is 5.73 Å². The summed E-state index contributed by atoms with van der Waals surface area (Å²) in [7, 11) is 0. The van der Waals surface area contributed by atoms with Gasteiger partial charge in [0.05, 0.1) is 6.20 Å². The molecule has 3 rings (SSSR count). The fourth-order valence-electron chi connectivity index (χ4n) is 1.95. The minimum absolute atomic E-state index is 0.138. The van der Waals surface area contributed by atoms with Crippen molar-refractivity contribution in [2.45, 2.75) is 18.8 Å². The summed E-state index contributed by atoms with van der Waals surface area (Å²) in [4.78, 5) is 0. The lowest BCUT2D eigenvalue weighted by Crippen LogP contribution is -1.91.